The molecule has 0 aliphatic carbocycles. The molecule has 0 aliphatic heterocycles. The van der Waals surface area contributed by atoms with E-state index >= 15 is 0 Å². The van der Waals surface area contributed by atoms with E-state index < -0.39 is 28.5 Å². The highest BCUT2D eigenvalue weighted by Crippen LogP contribution is 2.34. The molecule has 0 aromatic heterocycles. The molecule has 11 heteroatoms. The van der Waals surface area contributed by atoms with Gasteiger partial charge in [0.1, 0.15) is 18.3 Å². The Balaban J connectivity index is 1.86. The van der Waals surface area contributed by atoms with E-state index in [4.69, 9.17) is 27.9 Å². The van der Waals surface area contributed by atoms with Gasteiger partial charge in [0.2, 0.25) is 11.8 Å². The molecular formula is C36H39Cl2N3O5S. The van der Waals surface area contributed by atoms with E-state index in [0.717, 1.165) is 28.3 Å². The zero-order chi connectivity index (χ0) is 34.0. The molecule has 0 bridgehead atoms. The van der Waals surface area contributed by atoms with Crippen LogP contribution in [-0.4, -0.2) is 51.4 Å². The van der Waals surface area contributed by atoms with E-state index in [1.54, 1.807) is 54.6 Å². The van der Waals surface area contributed by atoms with Crippen LogP contribution in [0.25, 0.3) is 0 Å². The Morgan fingerprint density at radius 1 is 0.894 bits per heavy atom. The van der Waals surface area contributed by atoms with Gasteiger partial charge in [0, 0.05) is 35.1 Å². The van der Waals surface area contributed by atoms with Crippen LogP contribution in [0.3, 0.4) is 0 Å². The molecule has 0 fully saturated rings. The predicted octanol–water partition coefficient (Wildman–Crippen LogP) is 7.06. The van der Waals surface area contributed by atoms with Crippen LogP contribution in [0.5, 0.6) is 5.75 Å². The Bertz CT molecular complexity index is 1750. The molecule has 1 N–H and O–H groups in total. The molecule has 8 nitrogen and oxygen atoms in total. The number of methoxy groups -OCH3 is 1. The Hall–Kier alpha value is -4.05. The van der Waals surface area contributed by atoms with Crippen LogP contribution < -0.4 is 14.4 Å². The number of unbranched alkanes of at least 4 members (excludes halogenated alkanes) is 1. The summed E-state index contributed by atoms with van der Waals surface area (Å²) in [5, 5.41) is 3.60. The maximum absolute atomic E-state index is 14.7. The molecule has 47 heavy (non-hydrogen) atoms. The summed E-state index contributed by atoms with van der Waals surface area (Å²) in [4.78, 5) is 30.0. The maximum atomic E-state index is 14.7. The second kappa shape index (κ2) is 16.7. The summed E-state index contributed by atoms with van der Waals surface area (Å²) in [6, 6.07) is 26.3. The largest absolute Gasteiger partial charge is 0.495 e. The number of carbonyl (C=O) groups excluding carboxylic acids is 2. The number of aryl methyl sites for hydroxylation is 1. The molecule has 4 rings (SSSR count). The third-order valence-electron chi connectivity index (χ3n) is 7.70. The summed E-state index contributed by atoms with van der Waals surface area (Å²) in [5.74, 6) is -0.734. The van der Waals surface area contributed by atoms with Crippen molar-refractivity contribution in [1.29, 1.82) is 0 Å². The van der Waals surface area contributed by atoms with Gasteiger partial charge in [0.15, 0.2) is 0 Å². The lowest BCUT2D eigenvalue weighted by molar-refractivity contribution is -0.140. The van der Waals surface area contributed by atoms with Crippen molar-refractivity contribution in [2.45, 2.75) is 50.6 Å². The number of rotatable bonds is 15. The van der Waals surface area contributed by atoms with Crippen molar-refractivity contribution in [2.75, 3.05) is 24.5 Å². The zero-order valence-electron chi connectivity index (χ0n) is 26.7. The molecule has 2 amide bonds. The lowest BCUT2D eigenvalue weighted by atomic mass is 10.0. The van der Waals surface area contributed by atoms with Gasteiger partial charge in [-0.05, 0) is 60.9 Å². The van der Waals surface area contributed by atoms with Crippen molar-refractivity contribution < 1.29 is 22.7 Å². The highest BCUT2D eigenvalue weighted by molar-refractivity contribution is 7.92. The van der Waals surface area contributed by atoms with E-state index in [1.807, 2.05) is 44.2 Å². The van der Waals surface area contributed by atoms with E-state index in [9.17, 15) is 18.0 Å². The molecule has 0 saturated heterocycles. The molecule has 4 aromatic rings. The SMILES string of the molecule is CCCCNC(=O)[C@@H](Cc1ccccc1)N(Cc1c(Cl)cccc1Cl)C(=O)CN(c1cc(C)ccc1OC)S(=O)(=O)c1ccccc1. The fraction of sp³-hybridized carbons (Fsp3) is 0.278. The summed E-state index contributed by atoms with van der Waals surface area (Å²) in [7, 11) is -2.85. The number of anilines is 1. The van der Waals surface area contributed by atoms with Crippen LogP contribution in [0.15, 0.2) is 102 Å². The number of hydrogen-bond donors (Lipinski definition) is 1. The topological polar surface area (TPSA) is 96.0 Å². The number of hydrogen-bond acceptors (Lipinski definition) is 5. The van der Waals surface area contributed by atoms with Crippen molar-refractivity contribution in [2.24, 2.45) is 0 Å². The average molecular weight is 697 g/mol. The number of ether oxygens (including phenoxy) is 1. The maximum Gasteiger partial charge on any atom is 0.264 e. The van der Waals surface area contributed by atoms with Gasteiger partial charge in [-0.2, -0.15) is 0 Å². The minimum atomic E-state index is -4.29. The van der Waals surface area contributed by atoms with Gasteiger partial charge in [-0.25, -0.2) is 8.42 Å². The highest BCUT2D eigenvalue weighted by Gasteiger charge is 2.36. The molecule has 0 aliphatic rings. The number of carbonyl (C=O) groups is 2. The minimum Gasteiger partial charge on any atom is -0.495 e. The molecule has 0 unspecified atom stereocenters. The highest BCUT2D eigenvalue weighted by atomic mass is 35.5. The summed E-state index contributed by atoms with van der Waals surface area (Å²) < 4.78 is 35.2. The zero-order valence-corrected chi connectivity index (χ0v) is 29.0. The molecule has 0 spiro atoms. The fourth-order valence-corrected chi connectivity index (χ4v) is 7.10. The molecule has 1 atom stereocenters. The molecule has 0 radical (unpaired) electrons. The van der Waals surface area contributed by atoms with Gasteiger partial charge in [0.05, 0.1) is 17.7 Å². The van der Waals surface area contributed by atoms with Crippen LogP contribution >= 0.6 is 23.2 Å². The lowest BCUT2D eigenvalue weighted by Gasteiger charge is -2.34. The number of benzene rings is 4. The van der Waals surface area contributed by atoms with E-state index in [2.05, 4.69) is 5.32 Å². The first-order valence-corrected chi connectivity index (χ1v) is 17.5. The Kier molecular flexibility index (Phi) is 12.7. The van der Waals surface area contributed by atoms with Crippen molar-refractivity contribution in [3.63, 3.8) is 0 Å². The summed E-state index contributed by atoms with van der Waals surface area (Å²) in [6.07, 6.45) is 1.79. The first-order chi connectivity index (χ1) is 22.6. The van der Waals surface area contributed by atoms with Crippen LogP contribution in [0.2, 0.25) is 10.0 Å². The van der Waals surface area contributed by atoms with Gasteiger partial charge < -0.3 is 15.0 Å². The summed E-state index contributed by atoms with van der Waals surface area (Å²) >= 11 is 13.2. The quantitative estimate of drug-likeness (QED) is 0.134. The predicted molar refractivity (Wildman–Crippen MR) is 188 cm³/mol. The Morgan fingerprint density at radius 3 is 2.15 bits per heavy atom. The molecule has 0 saturated carbocycles. The first kappa shape index (κ1) is 35.8. The van der Waals surface area contributed by atoms with Gasteiger partial charge in [-0.15, -0.1) is 0 Å². The van der Waals surface area contributed by atoms with Crippen LogP contribution in [0.1, 0.15) is 36.5 Å². The monoisotopic (exact) mass is 695 g/mol. The number of nitrogens with one attached hydrogen (secondary N) is 1. The van der Waals surface area contributed by atoms with Crippen LogP contribution in [0.4, 0.5) is 5.69 Å². The minimum absolute atomic E-state index is 0.00444. The Labute approximate surface area is 287 Å². The summed E-state index contributed by atoms with van der Waals surface area (Å²) in [5.41, 5.74) is 2.21. The molecule has 248 valence electrons. The van der Waals surface area contributed by atoms with Crippen molar-refractivity contribution in [3.05, 3.63) is 124 Å². The average Bonchev–Trinajstić information content (AvgIpc) is 3.07. The van der Waals surface area contributed by atoms with E-state index in [-0.39, 0.29) is 35.2 Å². The molecule has 0 heterocycles. The van der Waals surface area contributed by atoms with Crippen LogP contribution in [0, 0.1) is 6.92 Å². The molecular weight excluding hydrogens is 657 g/mol. The number of nitrogens with zero attached hydrogens (tertiary/aromatic N) is 2. The van der Waals surface area contributed by atoms with Crippen LogP contribution in [-0.2, 0) is 32.6 Å². The second-order valence-corrected chi connectivity index (χ2v) is 13.7. The Morgan fingerprint density at radius 2 is 1.53 bits per heavy atom. The normalized spacial score (nSPS) is 11.9. The smallest absolute Gasteiger partial charge is 0.264 e. The first-order valence-electron chi connectivity index (χ1n) is 15.3. The number of amides is 2. The second-order valence-electron chi connectivity index (χ2n) is 11.1. The van der Waals surface area contributed by atoms with Gasteiger partial charge >= 0.3 is 0 Å². The lowest BCUT2D eigenvalue weighted by Crippen LogP contribution is -2.53. The van der Waals surface area contributed by atoms with Crippen molar-refractivity contribution in [3.8, 4) is 5.75 Å². The van der Waals surface area contributed by atoms with E-state index in [0.29, 0.717) is 22.2 Å². The van der Waals surface area contributed by atoms with Gasteiger partial charge in [-0.3, -0.25) is 13.9 Å². The number of sulfonamides is 1. The van der Waals surface area contributed by atoms with E-state index in [1.165, 1.54) is 24.1 Å². The summed E-state index contributed by atoms with van der Waals surface area (Å²) in [6.45, 7) is 3.49. The molecule has 4 aromatic carbocycles. The van der Waals surface area contributed by atoms with Crippen molar-refractivity contribution in [1.82, 2.24) is 10.2 Å². The standard InChI is InChI=1S/C36H39Cl2N3O5S/c1-4-5-21-39-36(43)33(23-27-13-8-6-9-14-27)40(24-29-30(37)17-12-18-31(29)38)35(42)25-41(32-22-26(2)19-20-34(32)46-3)47(44,45)28-15-10-7-11-16-28/h6-20,22,33H,4-5,21,23-25H2,1-3H3,(H,39,43)/t33-/m1/s1. The third kappa shape index (κ3) is 9.06. The third-order valence-corrected chi connectivity index (χ3v) is 10.2. The number of halogens is 2. The fourth-order valence-electron chi connectivity index (χ4n) is 5.14. The van der Waals surface area contributed by atoms with Crippen molar-refractivity contribution >= 4 is 50.7 Å². The van der Waals surface area contributed by atoms with Gasteiger partial charge in [0.25, 0.3) is 10.0 Å². The van der Waals surface area contributed by atoms with Gasteiger partial charge in [-0.1, -0.05) is 97.2 Å².